The SMILES string of the molecule is COC1(C)CCCN(S(=O)(=O)c2c[nH]c(C(=O)O)c2)C1. The molecule has 2 heterocycles. The lowest BCUT2D eigenvalue weighted by Gasteiger charge is -2.38. The Labute approximate surface area is 117 Å². The maximum atomic E-state index is 12.5. The highest BCUT2D eigenvalue weighted by Gasteiger charge is 2.37. The van der Waals surface area contributed by atoms with Crippen LogP contribution in [0.3, 0.4) is 0 Å². The summed E-state index contributed by atoms with van der Waals surface area (Å²) in [6.07, 6.45) is 2.71. The predicted octanol–water partition coefficient (Wildman–Crippen LogP) is 0.903. The molecule has 0 radical (unpaired) electrons. The second-order valence-corrected chi connectivity index (χ2v) is 7.09. The summed E-state index contributed by atoms with van der Waals surface area (Å²) in [6, 6.07) is 1.14. The summed E-state index contributed by atoms with van der Waals surface area (Å²) in [5.41, 5.74) is -0.646. The lowest BCUT2D eigenvalue weighted by molar-refractivity contribution is -0.0319. The van der Waals surface area contributed by atoms with Crippen LogP contribution in [0.4, 0.5) is 0 Å². The minimum absolute atomic E-state index is 0.0322. The first kappa shape index (κ1) is 15.0. The first-order valence-electron chi connectivity index (χ1n) is 6.25. The number of nitrogens with zero attached hydrogens (tertiary/aromatic N) is 1. The van der Waals surface area contributed by atoms with Crippen LogP contribution in [0.5, 0.6) is 0 Å². The molecule has 1 aliphatic heterocycles. The van der Waals surface area contributed by atoms with Gasteiger partial charge in [-0.2, -0.15) is 4.31 Å². The molecule has 112 valence electrons. The fourth-order valence-electron chi connectivity index (χ4n) is 2.33. The van der Waals surface area contributed by atoms with Crippen LogP contribution in [0.25, 0.3) is 0 Å². The quantitative estimate of drug-likeness (QED) is 0.861. The van der Waals surface area contributed by atoms with Gasteiger partial charge in [-0.3, -0.25) is 0 Å². The van der Waals surface area contributed by atoms with Crippen LogP contribution in [0.15, 0.2) is 17.2 Å². The van der Waals surface area contributed by atoms with E-state index in [-0.39, 0.29) is 17.1 Å². The van der Waals surface area contributed by atoms with Gasteiger partial charge in [0.05, 0.1) is 5.60 Å². The summed E-state index contributed by atoms with van der Waals surface area (Å²) in [4.78, 5) is 13.2. The van der Waals surface area contributed by atoms with E-state index in [1.807, 2.05) is 6.92 Å². The molecule has 2 rings (SSSR count). The zero-order valence-corrected chi connectivity index (χ0v) is 12.2. The molecule has 20 heavy (non-hydrogen) atoms. The normalized spacial score (nSPS) is 24.7. The third kappa shape index (κ3) is 2.72. The summed E-state index contributed by atoms with van der Waals surface area (Å²) < 4.78 is 31.7. The van der Waals surface area contributed by atoms with Gasteiger partial charge in [0.1, 0.15) is 10.6 Å². The zero-order chi connectivity index (χ0) is 15.0. The molecule has 0 aliphatic carbocycles. The first-order valence-corrected chi connectivity index (χ1v) is 7.69. The summed E-state index contributed by atoms with van der Waals surface area (Å²) in [6.45, 7) is 2.54. The summed E-state index contributed by atoms with van der Waals surface area (Å²) in [5, 5.41) is 8.84. The average Bonchev–Trinajstić information content (AvgIpc) is 2.89. The highest BCUT2D eigenvalue weighted by molar-refractivity contribution is 7.89. The van der Waals surface area contributed by atoms with Crippen LogP contribution < -0.4 is 0 Å². The monoisotopic (exact) mass is 302 g/mol. The molecule has 7 nitrogen and oxygen atoms in total. The summed E-state index contributed by atoms with van der Waals surface area (Å²) >= 11 is 0. The number of hydrogen-bond donors (Lipinski definition) is 2. The number of aromatic amines is 1. The molecule has 0 spiro atoms. The number of methoxy groups -OCH3 is 1. The lowest BCUT2D eigenvalue weighted by atomic mass is 9.96. The van der Waals surface area contributed by atoms with Gasteiger partial charge < -0.3 is 14.8 Å². The van der Waals surface area contributed by atoms with Gasteiger partial charge in [-0.25, -0.2) is 13.2 Å². The molecule has 0 bridgehead atoms. The summed E-state index contributed by atoms with van der Waals surface area (Å²) in [5.74, 6) is -1.19. The highest BCUT2D eigenvalue weighted by atomic mass is 32.2. The molecular weight excluding hydrogens is 284 g/mol. The Balaban J connectivity index is 2.27. The van der Waals surface area contributed by atoms with E-state index in [0.29, 0.717) is 13.0 Å². The van der Waals surface area contributed by atoms with Gasteiger partial charge in [-0.15, -0.1) is 0 Å². The van der Waals surface area contributed by atoms with E-state index in [1.54, 1.807) is 7.11 Å². The molecule has 8 heteroatoms. The third-order valence-corrected chi connectivity index (χ3v) is 5.46. The maximum Gasteiger partial charge on any atom is 0.352 e. The Bertz CT molecular complexity index is 609. The van der Waals surface area contributed by atoms with E-state index < -0.39 is 21.6 Å². The Hall–Kier alpha value is -1.38. The highest BCUT2D eigenvalue weighted by Crippen LogP contribution is 2.28. The molecule has 1 fully saturated rings. The average molecular weight is 302 g/mol. The van der Waals surface area contributed by atoms with E-state index >= 15 is 0 Å². The number of piperidine rings is 1. The van der Waals surface area contributed by atoms with Crippen LogP contribution in [0.2, 0.25) is 0 Å². The fourth-order valence-corrected chi connectivity index (χ4v) is 3.91. The van der Waals surface area contributed by atoms with Crippen molar-refractivity contribution in [3.63, 3.8) is 0 Å². The number of carboxylic acids is 1. The molecule has 1 aromatic rings. The van der Waals surface area contributed by atoms with Crippen LogP contribution in [-0.4, -0.2) is 54.6 Å². The van der Waals surface area contributed by atoms with Gasteiger partial charge in [-0.05, 0) is 25.8 Å². The van der Waals surface area contributed by atoms with Crippen LogP contribution in [-0.2, 0) is 14.8 Å². The van der Waals surface area contributed by atoms with Crippen LogP contribution in [0.1, 0.15) is 30.3 Å². The largest absolute Gasteiger partial charge is 0.477 e. The van der Waals surface area contributed by atoms with Gasteiger partial charge >= 0.3 is 5.97 Å². The van der Waals surface area contributed by atoms with Crippen molar-refractivity contribution in [2.75, 3.05) is 20.2 Å². The van der Waals surface area contributed by atoms with Gasteiger partial charge in [0.25, 0.3) is 0 Å². The second-order valence-electron chi connectivity index (χ2n) is 5.15. The molecule has 1 aliphatic rings. The van der Waals surface area contributed by atoms with Crippen molar-refractivity contribution in [3.8, 4) is 0 Å². The Morgan fingerprint density at radius 3 is 2.80 bits per heavy atom. The predicted molar refractivity (Wildman–Crippen MR) is 71.2 cm³/mol. The number of hydrogen-bond acceptors (Lipinski definition) is 4. The first-order chi connectivity index (χ1) is 9.28. The minimum Gasteiger partial charge on any atom is -0.477 e. The van der Waals surface area contributed by atoms with E-state index in [2.05, 4.69) is 4.98 Å². The lowest BCUT2D eigenvalue weighted by Crippen LogP contribution is -2.49. The molecule has 1 unspecified atom stereocenters. The smallest absolute Gasteiger partial charge is 0.352 e. The van der Waals surface area contributed by atoms with Crippen molar-refractivity contribution >= 4 is 16.0 Å². The van der Waals surface area contributed by atoms with Crippen LogP contribution in [0, 0.1) is 0 Å². The van der Waals surface area contributed by atoms with Gasteiger partial charge in [0, 0.05) is 26.4 Å². The zero-order valence-electron chi connectivity index (χ0n) is 11.4. The number of nitrogens with one attached hydrogen (secondary N) is 1. The molecule has 0 saturated carbocycles. The number of rotatable bonds is 4. The van der Waals surface area contributed by atoms with Crippen molar-refractivity contribution in [2.24, 2.45) is 0 Å². The van der Waals surface area contributed by atoms with Crippen molar-refractivity contribution in [1.82, 2.24) is 9.29 Å². The Kier molecular flexibility index (Phi) is 3.90. The number of carbonyl (C=O) groups is 1. The number of carboxylic acid groups (broad SMARTS) is 1. The van der Waals surface area contributed by atoms with E-state index in [9.17, 15) is 13.2 Å². The standard InChI is InChI=1S/C12H18N2O5S/c1-12(19-2)4-3-5-14(8-12)20(17,18)9-6-10(11(15)16)13-7-9/h6-7,13H,3-5,8H2,1-2H3,(H,15,16). The number of H-pyrrole nitrogens is 1. The molecule has 0 aromatic carbocycles. The Morgan fingerprint density at radius 1 is 1.55 bits per heavy atom. The molecule has 1 aromatic heterocycles. The van der Waals surface area contributed by atoms with Gasteiger partial charge in [0.15, 0.2) is 0 Å². The van der Waals surface area contributed by atoms with Crippen LogP contribution >= 0.6 is 0 Å². The van der Waals surface area contributed by atoms with Crippen molar-refractivity contribution < 1.29 is 23.1 Å². The number of ether oxygens (including phenoxy) is 1. The topological polar surface area (TPSA) is 99.7 Å². The molecular formula is C12H18N2O5S. The fraction of sp³-hybridized carbons (Fsp3) is 0.583. The third-order valence-electron chi connectivity index (χ3n) is 3.64. The van der Waals surface area contributed by atoms with Crippen molar-refractivity contribution in [1.29, 1.82) is 0 Å². The molecule has 1 atom stereocenters. The van der Waals surface area contributed by atoms with E-state index in [4.69, 9.17) is 9.84 Å². The second kappa shape index (κ2) is 5.19. The molecule has 1 saturated heterocycles. The van der Waals surface area contributed by atoms with Crippen molar-refractivity contribution in [2.45, 2.75) is 30.3 Å². The number of aromatic carboxylic acids is 1. The van der Waals surface area contributed by atoms with Crippen molar-refractivity contribution in [3.05, 3.63) is 18.0 Å². The minimum atomic E-state index is -3.70. The number of aromatic nitrogens is 1. The molecule has 0 amide bonds. The van der Waals surface area contributed by atoms with Gasteiger partial charge in [-0.1, -0.05) is 0 Å². The maximum absolute atomic E-state index is 12.5. The molecule has 2 N–H and O–H groups in total. The summed E-state index contributed by atoms with van der Waals surface area (Å²) in [7, 11) is -2.13. The van der Waals surface area contributed by atoms with Gasteiger partial charge in [0.2, 0.25) is 10.0 Å². The van der Waals surface area contributed by atoms with E-state index in [0.717, 1.165) is 12.5 Å². The van der Waals surface area contributed by atoms with E-state index in [1.165, 1.54) is 10.5 Å². The number of sulfonamides is 1. The Morgan fingerprint density at radius 2 is 2.25 bits per heavy atom.